The Labute approximate surface area is 138 Å². The van der Waals surface area contributed by atoms with Gasteiger partial charge in [0, 0.05) is 45.0 Å². The van der Waals surface area contributed by atoms with E-state index < -0.39 is 0 Å². The minimum atomic E-state index is -0.154. The second-order valence-electron chi connectivity index (χ2n) is 5.10. The van der Waals surface area contributed by atoms with Crippen LogP contribution in [0.2, 0.25) is 0 Å². The molecule has 3 rings (SSSR count). The SMILES string of the molecule is Cn1cccc1-c1cc(C(=O)NCCSc2nccn2C)[nH]n1. The Kier molecular flexibility index (Phi) is 4.52. The molecule has 23 heavy (non-hydrogen) atoms. The molecule has 8 heteroatoms. The van der Waals surface area contributed by atoms with Gasteiger partial charge in [-0.15, -0.1) is 0 Å². The van der Waals surface area contributed by atoms with Crippen LogP contribution < -0.4 is 5.32 Å². The Morgan fingerprint density at radius 2 is 2.22 bits per heavy atom. The third-order valence-electron chi connectivity index (χ3n) is 3.42. The first kappa shape index (κ1) is 15.4. The number of hydrogen-bond donors (Lipinski definition) is 2. The molecule has 1 amide bonds. The lowest BCUT2D eigenvalue weighted by Crippen LogP contribution is -2.26. The smallest absolute Gasteiger partial charge is 0.269 e. The molecule has 0 radical (unpaired) electrons. The molecule has 0 aliphatic rings. The van der Waals surface area contributed by atoms with Crippen molar-refractivity contribution >= 4 is 17.7 Å². The zero-order valence-corrected chi connectivity index (χ0v) is 13.8. The second-order valence-corrected chi connectivity index (χ2v) is 6.16. The number of amides is 1. The maximum absolute atomic E-state index is 12.1. The number of carbonyl (C=O) groups excluding carboxylic acids is 1. The Balaban J connectivity index is 1.52. The zero-order valence-electron chi connectivity index (χ0n) is 13.0. The molecule has 0 saturated carbocycles. The third-order valence-corrected chi connectivity index (χ3v) is 4.48. The molecule has 0 unspecified atom stereocenters. The number of aromatic nitrogens is 5. The fraction of sp³-hybridized carbons (Fsp3) is 0.267. The van der Waals surface area contributed by atoms with Crippen molar-refractivity contribution in [1.29, 1.82) is 0 Å². The van der Waals surface area contributed by atoms with Gasteiger partial charge in [0.15, 0.2) is 5.16 Å². The van der Waals surface area contributed by atoms with Crippen LogP contribution >= 0.6 is 11.8 Å². The number of H-pyrrole nitrogens is 1. The maximum atomic E-state index is 12.1. The summed E-state index contributed by atoms with van der Waals surface area (Å²) in [6.45, 7) is 0.564. The van der Waals surface area contributed by atoms with E-state index in [1.807, 2.05) is 47.8 Å². The van der Waals surface area contributed by atoms with E-state index in [9.17, 15) is 4.79 Å². The molecule has 7 nitrogen and oxygen atoms in total. The van der Waals surface area contributed by atoms with E-state index in [0.717, 1.165) is 22.3 Å². The fourth-order valence-electron chi connectivity index (χ4n) is 2.19. The number of nitrogens with one attached hydrogen (secondary N) is 2. The van der Waals surface area contributed by atoms with Gasteiger partial charge in [0.2, 0.25) is 0 Å². The number of hydrogen-bond acceptors (Lipinski definition) is 4. The molecule has 0 fully saturated rings. The van der Waals surface area contributed by atoms with E-state index in [1.165, 1.54) is 0 Å². The first-order valence-corrected chi connectivity index (χ1v) is 8.19. The van der Waals surface area contributed by atoms with Crippen molar-refractivity contribution in [3.8, 4) is 11.4 Å². The Hall–Kier alpha value is -2.48. The van der Waals surface area contributed by atoms with E-state index in [2.05, 4.69) is 20.5 Å². The average Bonchev–Trinajstić information content (AvgIpc) is 3.24. The molecule has 0 saturated heterocycles. The van der Waals surface area contributed by atoms with Crippen molar-refractivity contribution in [1.82, 2.24) is 29.6 Å². The molecule has 3 aromatic rings. The van der Waals surface area contributed by atoms with Crippen LogP contribution in [0.15, 0.2) is 41.9 Å². The number of thioether (sulfide) groups is 1. The monoisotopic (exact) mass is 330 g/mol. The molecule has 0 spiro atoms. The van der Waals surface area contributed by atoms with Gasteiger partial charge < -0.3 is 14.5 Å². The number of rotatable bonds is 6. The van der Waals surface area contributed by atoms with Crippen LogP contribution in [-0.2, 0) is 14.1 Å². The highest BCUT2D eigenvalue weighted by molar-refractivity contribution is 7.99. The molecular weight excluding hydrogens is 312 g/mol. The summed E-state index contributed by atoms with van der Waals surface area (Å²) in [6.07, 6.45) is 5.60. The van der Waals surface area contributed by atoms with Crippen LogP contribution in [-0.4, -0.2) is 42.5 Å². The lowest BCUT2D eigenvalue weighted by molar-refractivity contribution is 0.0951. The van der Waals surface area contributed by atoms with Gasteiger partial charge in [0.05, 0.1) is 5.69 Å². The maximum Gasteiger partial charge on any atom is 0.269 e. The van der Waals surface area contributed by atoms with Crippen molar-refractivity contribution in [3.05, 3.63) is 42.5 Å². The van der Waals surface area contributed by atoms with E-state index in [0.29, 0.717) is 12.2 Å². The van der Waals surface area contributed by atoms with Crippen molar-refractivity contribution in [2.45, 2.75) is 5.16 Å². The Bertz CT molecular complexity index is 802. The molecule has 0 atom stereocenters. The fourth-order valence-corrected chi connectivity index (χ4v) is 2.98. The lowest BCUT2D eigenvalue weighted by atomic mass is 10.3. The topological polar surface area (TPSA) is 80.5 Å². The van der Waals surface area contributed by atoms with E-state index in [1.54, 1.807) is 24.0 Å². The van der Waals surface area contributed by atoms with Crippen LogP contribution in [0.1, 0.15) is 10.5 Å². The normalized spacial score (nSPS) is 10.9. The summed E-state index contributed by atoms with van der Waals surface area (Å²) in [5.41, 5.74) is 2.18. The summed E-state index contributed by atoms with van der Waals surface area (Å²) in [6, 6.07) is 5.66. The van der Waals surface area contributed by atoms with E-state index in [-0.39, 0.29) is 5.91 Å². The third kappa shape index (κ3) is 3.48. The van der Waals surface area contributed by atoms with E-state index >= 15 is 0 Å². The van der Waals surface area contributed by atoms with Gasteiger partial charge in [-0.25, -0.2) is 4.98 Å². The summed E-state index contributed by atoms with van der Waals surface area (Å²) in [5, 5.41) is 10.8. The number of imidazole rings is 1. The largest absolute Gasteiger partial charge is 0.350 e. The van der Waals surface area contributed by atoms with Gasteiger partial charge in [-0.2, -0.15) is 5.10 Å². The highest BCUT2D eigenvalue weighted by Gasteiger charge is 2.12. The number of nitrogens with zero attached hydrogens (tertiary/aromatic N) is 4. The Morgan fingerprint density at radius 1 is 1.35 bits per heavy atom. The summed E-state index contributed by atoms with van der Waals surface area (Å²) in [4.78, 5) is 16.3. The average molecular weight is 330 g/mol. The minimum Gasteiger partial charge on any atom is -0.350 e. The van der Waals surface area contributed by atoms with Gasteiger partial charge in [-0.05, 0) is 18.2 Å². The minimum absolute atomic E-state index is 0.154. The number of aryl methyl sites for hydroxylation is 2. The molecular formula is C15H18N6OS. The van der Waals surface area contributed by atoms with Crippen molar-refractivity contribution in [2.24, 2.45) is 14.1 Å². The summed E-state index contributed by atoms with van der Waals surface area (Å²) in [5.74, 6) is 0.605. The molecule has 0 aromatic carbocycles. The highest BCUT2D eigenvalue weighted by atomic mass is 32.2. The van der Waals surface area contributed by atoms with Crippen LogP contribution in [0.5, 0.6) is 0 Å². The summed E-state index contributed by atoms with van der Waals surface area (Å²) >= 11 is 1.60. The molecule has 3 aromatic heterocycles. The molecule has 0 aliphatic carbocycles. The second kappa shape index (κ2) is 6.74. The molecule has 120 valence electrons. The van der Waals surface area contributed by atoms with Crippen molar-refractivity contribution < 1.29 is 4.79 Å². The quantitative estimate of drug-likeness (QED) is 0.532. The van der Waals surface area contributed by atoms with Gasteiger partial charge in [-0.1, -0.05) is 11.8 Å². The summed E-state index contributed by atoms with van der Waals surface area (Å²) in [7, 11) is 3.89. The molecule has 3 heterocycles. The van der Waals surface area contributed by atoms with Crippen molar-refractivity contribution in [3.63, 3.8) is 0 Å². The zero-order chi connectivity index (χ0) is 16.2. The molecule has 0 bridgehead atoms. The lowest BCUT2D eigenvalue weighted by Gasteiger charge is -2.03. The van der Waals surface area contributed by atoms with Gasteiger partial charge in [-0.3, -0.25) is 9.89 Å². The standard InChI is InChI=1S/C15H18N6OS/c1-20-7-3-4-13(20)11-10-12(19-18-11)14(22)16-6-9-23-15-17-5-8-21(15)2/h3-5,7-8,10H,6,9H2,1-2H3,(H,16,22)(H,18,19). The van der Waals surface area contributed by atoms with Gasteiger partial charge >= 0.3 is 0 Å². The van der Waals surface area contributed by atoms with E-state index in [4.69, 9.17) is 0 Å². The number of carbonyl (C=O) groups is 1. The van der Waals surface area contributed by atoms with Crippen molar-refractivity contribution in [2.75, 3.05) is 12.3 Å². The highest BCUT2D eigenvalue weighted by Crippen LogP contribution is 2.17. The summed E-state index contributed by atoms with van der Waals surface area (Å²) < 4.78 is 3.91. The van der Waals surface area contributed by atoms with Crippen LogP contribution in [0.25, 0.3) is 11.4 Å². The van der Waals surface area contributed by atoms with Gasteiger partial charge in [0.25, 0.3) is 5.91 Å². The van der Waals surface area contributed by atoms with Crippen LogP contribution in [0.3, 0.4) is 0 Å². The van der Waals surface area contributed by atoms with Gasteiger partial charge in [0.1, 0.15) is 11.4 Å². The predicted octanol–water partition coefficient (Wildman–Crippen LogP) is 1.67. The first-order valence-electron chi connectivity index (χ1n) is 7.20. The number of aromatic amines is 1. The van der Waals surface area contributed by atoms with Crippen LogP contribution in [0, 0.1) is 0 Å². The molecule has 2 N–H and O–H groups in total. The predicted molar refractivity (Wildman–Crippen MR) is 89.3 cm³/mol. The Morgan fingerprint density at radius 3 is 2.91 bits per heavy atom. The van der Waals surface area contributed by atoms with Crippen LogP contribution in [0.4, 0.5) is 0 Å². The molecule has 0 aliphatic heterocycles. The first-order chi connectivity index (χ1) is 11.1.